The monoisotopic (exact) mass is 261 g/mol. The molecule has 0 bridgehead atoms. The Morgan fingerprint density at radius 2 is 2.12 bits per heavy atom. The van der Waals surface area contributed by atoms with Crippen molar-refractivity contribution >= 4 is 17.3 Å². The van der Waals surface area contributed by atoms with Crippen molar-refractivity contribution in [1.29, 1.82) is 0 Å². The summed E-state index contributed by atoms with van der Waals surface area (Å²) in [6, 6.07) is 4.09. The number of nitro groups is 1. The first kappa shape index (κ1) is 13.7. The fraction of sp³-hybridized carbons (Fsp3) is 0.400. The van der Waals surface area contributed by atoms with Gasteiger partial charge in [-0.15, -0.1) is 0 Å². The first-order valence-corrected chi connectivity index (χ1v) is 5.28. The third-order valence-electron chi connectivity index (χ3n) is 1.84. The van der Waals surface area contributed by atoms with E-state index in [-0.39, 0.29) is 37.9 Å². The van der Waals surface area contributed by atoms with Crippen molar-refractivity contribution in [3.63, 3.8) is 0 Å². The minimum atomic E-state index is -0.541. The van der Waals surface area contributed by atoms with E-state index in [1.54, 1.807) is 0 Å². The van der Waals surface area contributed by atoms with Crippen molar-refractivity contribution in [1.82, 2.24) is 0 Å². The molecule has 6 nitrogen and oxygen atoms in total. The van der Waals surface area contributed by atoms with Gasteiger partial charge in [-0.05, 0) is 6.07 Å². The zero-order valence-electron chi connectivity index (χ0n) is 8.97. The maximum absolute atomic E-state index is 10.7. The van der Waals surface area contributed by atoms with Gasteiger partial charge in [0.15, 0.2) is 5.75 Å². The van der Waals surface area contributed by atoms with E-state index < -0.39 is 4.92 Å². The quantitative estimate of drug-likeness (QED) is 0.458. The molecule has 0 aliphatic carbocycles. The lowest BCUT2D eigenvalue weighted by atomic mass is 10.3. The van der Waals surface area contributed by atoms with Crippen molar-refractivity contribution in [3.8, 4) is 5.75 Å². The van der Waals surface area contributed by atoms with Crippen LogP contribution in [0.25, 0.3) is 0 Å². The molecule has 0 spiro atoms. The first-order valence-electron chi connectivity index (χ1n) is 4.90. The first-order chi connectivity index (χ1) is 8.15. The molecule has 0 fully saturated rings. The number of halogens is 1. The van der Waals surface area contributed by atoms with E-state index in [0.717, 1.165) is 0 Å². The number of benzene rings is 1. The predicted octanol–water partition coefficient (Wildman–Crippen LogP) is 1.64. The molecule has 0 aliphatic rings. The van der Waals surface area contributed by atoms with E-state index in [9.17, 15) is 10.1 Å². The molecule has 17 heavy (non-hydrogen) atoms. The second-order valence-electron chi connectivity index (χ2n) is 3.05. The molecule has 7 heteroatoms. The van der Waals surface area contributed by atoms with Gasteiger partial charge in [0.25, 0.3) is 0 Å². The zero-order valence-corrected chi connectivity index (χ0v) is 9.72. The van der Waals surface area contributed by atoms with Crippen molar-refractivity contribution < 1.29 is 19.5 Å². The van der Waals surface area contributed by atoms with Crippen LogP contribution >= 0.6 is 11.6 Å². The Morgan fingerprint density at radius 1 is 1.35 bits per heavy atom. The summed E-state index contributed by atoms with van der Waals surface area (Å²) >= 11 is 5.72. The molecule has 0 radical (unpaired) electrons. The molecule has 0 amide bonds. The Kier molecular flexibility index (Phi) is 5.68. The van der Waals surface area contributed by atoms with Crippen molar-refractivity contribution in [2.45, 2.75) is 0 Å². The topological polar surface area (TPSA) is 81.8 Å². The molecular weight excluding hydrogens is 250 g/mol. The molecule has 1 N–H and O–H groups in total. The lowest BCUT2D eigenvalue weighted by Gasteiger charge is -2.07. The molecule has 0 unspecified atom stereocenters. The van der Waals surface area contributed by atoms with Gasteiger partial charge in [0, 0.05) is 17.2 Å². The van der Waals surface area contributed by atoms with Crippen LogP contribution in [0.4, 0.5) is 5.69 Å². The van der Waals surface area contributed by atoms with Gasteiger partial charge in [0.05, 0.1) is 24.7 Å². The molecule has 0 aliphatic heterocycles. The van der Waals surface area contributed by atoms with Crippen molar-refractivity contribution in [2.75, 3.05) is 26.4 Å². The van der Waals surface area contributed by atoms with E-state index in [0.29, 0.717) is 5.02 Å². The predicted molar refractivity (Wildman–Crippen MR) is 61.5 cm³/mol. The normalized spacial score (nSPS) is 10.2. The molecule has 0 aromatic heterocycles. The average Bonchev–Trinajstić information content (AvgIpc) is 2.28. The summed E-state index contributed by atoms with van der Waals surface area (Å²) in [6.07, 6.45) is 0. The standard InChI is InChI=1S/C10H12ClNO5/c11-8-1-2-9(12(14)15)10(7-8)17-6-5-16-4-3-13/h1-2,7,13H,3-6H2. The maximum atomic E-state index is 10.7. The van der Waals surface area contributed by atoms with E-state index in [1.165, 1.54) is 18.2 Å². The highest BCUT2D eigenvalue weighted by molar-refractivity contribution is 6.30. The van der Waals surface area contributed by atoms with E-state index in [4.69, 9.17) is 26.2 Å². The van der Waals surface area contributed by atoms with Crippen LogP contribution < -0.4 is 4.74 Å². The second kappa shape index (κ2) is 7.05. The summed E-state index contributed by atoms with van der Waals surface area (Å²) in [7, 11) is 0. The molecule has 0 saturated heterocycles. The summed E-state index contributed by atoms with van der Waals surface area (Å²) in [5.41, 5.74) is -0.142. The van der Waals surface area contributed by atoms with Crippen LogP contribution in [0.15, 0.2) is 18.2 Å². The summed E-state index contributed by atoms with van der Waals surface area (Å²) in [6.45, 7) is 0.531. The van der Waals surface area contributed by atoms with E-state index in [2.05, 4.69) is 0 Å². The molecule has 1 aromatic carbocycles. The van der Waals surface area contributed by atoms with Gasteiger partial charge in [-0.2, -0.15) is 0 Å². The van der Waals surface area contributed by atoms with Gasteiger partial charge >= 0.3 is 5.69 Å². The SMILES string of the molecule is O=[N+]([O-])c1ccc(Cl)cc1OCCOCCO. The lowest BCUT2D eigenvalue weighted by Crippen LogP contribution is -2.09. The Bertz CT molecular complexity index is 385. The Hall–Kier alpha value is -1.37. The summed E-state index contributed by atoms with van der Waals surface area (Å²) in [4.78, 5) is 10.1. The smallest absolute Gasteiger partial charge is 0.311 e. The number of rotatable bonds is 7. The maximum Gasteiger partial charge on any atom is 0.311 e. The third-order valence-corrected chi connectivity index (χ3v) is 2.07. The highest BCUT2D eigenvalue weighted by Crippen LogP contribution is 2.29. The molecule has 1 rings (SSSR count). The number of nitrogens with zero attached hydrogens (tertiary/aromatic N) is 1. The van der Waals surface area contributed by atoms with Gasteiger partial charge in [0.1, 0.15) is 6.61 Å². The van der Waals surface area contributed by atoms with Crippen LogP contribution in [-0.4, -0.2) is 36.5 Å². The van der Waals surface area contributed by atoms with Crippen LogP contribution in [0.5, 0.6) is 5.75 Å². The molecule has 94 valence electrons. The number of hydrogen-bond acceptors (Lipinski definition) is 5. The second-order valence-corrected chi connectivity index (χ2v) is 3.49. The fourth-order valence-electron chi connectivity index (χ4n) is 1.13. The van der Waals surface area contributed by atoms with Crippen LogP contribution in [0.3, 0.4) is 0 Å². The van der Waals surface area contributed by atoms with Gasteiger partial charge in [-0.1, -0.05) is 11.6 Å². The largest absolute Gasteiger partial charge is 0.484 e. The summed E-state index contributed by atoms with van der Waals surface area (Å²) in [5, 5.41) is 19.5. The van der Waals surface area contributed by atoms with Crippen molar-refractivity contribution in [3.05, 3.63) is 33.3 Å². The fourth-order valence-corrected chi connectivity index (χ4v) is 1.29. The van der Waals surface area contributed by atoms with Gasteiger partial charge in [-0.3, -0.25) is 10.1 Å². The van der Waals surface area contributed by atoms with Gasteiger partial charge in [-0.25, -0.2) is 0 Å². The minimum Gasteiger partial charge on any atom is -0.484 e. The Labute approximate surface area is 103 Å². The van der Waals surface area contributed by atoms with Crippen LogP contribution in [0, 0.1) is 10.1 Å². The van der Waals surface area contributed by atoms with Gasteiger partial charge < -0.3 is 14.6 Å². The van der Waals surface area contributed by atoms with Crippen LogP contribution in [0.2, 0.25) is 5.02 Å². The molecular formula is C10H12ClNO5. The highest BCUT2D eigenvalue weighted by atomic mass is 35.5. The van der Waals surface area contributed by atoms with Crippen molar-refractivity contribution in [2.24, 2.45) is 0 Å². The lowest BCUT2D eigenvalue weighted by molar-refractivity contribution is -0.385. The minimum absolute atomic E-state index is 0.0721. The highest BCUT2D eigenvalue weighted by Gasteiger charge is 2.14. The van der Waals surface area contributed by atoms with Crippen LogP contribution in [-0.2, 0) is 4.74 Å². The van der Waals surface area contributed by atoms with E-state index in [1.807, 2.05) is 0 Å². The number of hydrogen-bond donors (Lipinski definition) is 1. The third kappa shape index (κ3) is 4.56. The Balaban J connectivity index is 2.56. The number of nitro benzene ring substituents is 1. The van der Waals surface area contributed by atoms with Crippen LogP contribution in [0.1, 0.15) is 0 Å². The van der Waals surface area contributed by atoms with E-state index >= 15 is 0 Å². The molecule has 0 atom stereocenters. The zero-order chi connectivity index (χ0) is 12.7. The average molecular weight is 262 g/mol. The molecule has 1 aromatic rings. The number of aliphatic hydroxyl groups is 1. The summed E-state index contributed by atoms with van der Waals surface area (Å²) in [5.74, 6) is 0.107. The number of aliphatic hydroxyl groups excluding tert-OH is 1. The molecule has 0 heterocycles. The Morgan fingerprint density at radius 3 is 2.76 bits per heavy atom. The number of ether oxygens (including phenoxy) is 2. The van der Waals surface area contributed by atoms with Gasteiger partial charge in [0.2, 0.25) is 0 Å². The molecule has 0 saturated carbocycles. The summed E-state index contributed by atoms with van der Waals surface area (Å²) < 4.78 is 10.2.